The molecule has 0 unspecified atom stereocenters. The summed E-state index contributed by atoms with van der Waals surface area (Å²) in [6, 6.07) is 32.3. The molecule has 0 spiro atoms. The van der Waals surface area contributed by atoms with Crippen molar-refractivity contribution < 1.29 is 56.7 Å². The second kappa shape index (κ2) is 20.4. The number of aromatic carboxylic acids is 4. The number of benzene rings is 4. The van der Waals surface area contributed by atoms with Crippen LogP contribution in [0.2, 0.25) is 0 Å². The first kappa shape index (κ1) is 35.4. The van der Waals surface area contributed by atoms with E-state index in [0.29, 0.717) is 0 Å². The van der Waals surface area contributed by atoms with Crippen LogP contribution in [0.5, 0.6) is 0 Å². The molecule has 0 saturated heterocycles. The van der Waals surface area contributed by atoms with E-state index in [9.17, 15) is 39.6 Å². The standard InChI is InChI=1S/4C7H6O2.Fe.H3N/c4*8-7(9)6-4-2-1-3-5-6;;/h4*1-5H,(H,8,9);;1H3/q;;;;+3;/p-3. The van der Waals surface area contributed by atoms with Crippen LogP contribution in [0.1, 0.15) is 41.4 Å². The number of hydrogen-bond acceptors (Lipinski definition) is 8. The zero-order valence-corrected chi connectivity index (χ0v) is 21.3. The van der Waals surface area contributed by atoms with Crippen molar-refractivity contribution in [1.82, 2.24) is 6.15 Å². The third-order valence-electron chi connectivity index (χ3n) is 4.04. The molecule has 4 aromatic rings. The SMILES string of the molecule is O=C([O-])c1ccccc1.O=C([O-])c1ccccc1.O=C([O-])c1ccccc1.O=C([O-])c1ccccc1.[Fe+3].[NH4+]. The second-order valence-corrected chi connectivity index (χ2v) is 6.61. The second-order valence-electron chi connectivity index (χ2n) is 6.61. The molecular formula is C28H24FeNO8. The average molecular weight is 558 g/mol. The fraction of sp³-hybridized carbons (Fsp3) is 0. The molecule has 0 heterocycles. The largest absolute Gasteiger partial charge is 3.00 e. The number of carbonyl (C=O) groups excluding carboxylic acids is 4. The molecule has 197 valence electrons. The van der Waals surface area contributed by atoms with Crippen LogP contribution in [-0.2, 0) is 17.1 Å². The minimum Gasteiger partial charge on any atom is -0.545 e. The Morgan fingerprint density at radius 1 is 0.342 bits per heavy atom. The average Bonchev–Trinajstić information content (AvgIpc) is 2.92. The molecule has 4 rings (SSSR count). The fourth-order valence-electron chi connectivity index (χ4n) is 2.30. The molecule has 0 atom stereocenters. The van der Waals surface area contributed by atoms with Crippen LogP contribution >= 0.6 is 0 Å². The van der Waals surface area contributed by atoms with Crippen molar-refractivity contribution in [2.75, 3.05) is 0 Å². The Labute approximate surface area is 230 Å². The summed E-state index contributed by atoms with van der Waals surface area (Å²) in [7, 11) is 0. The molecule has 0 amide bonds. The molecule has 4 N–H and O–H groups in total. The van der Waals surface area contributed by atoms with Crippen molar-refractivity contribution in [1.29, 1.82) is 0 Å². The molecule has 0 bridgehead atoms. The van der Waals surface area contributed by atoms with Gasteiger partial charge in [0, 0.05) is 0 Å². The predicted octanol–water partition coefficient (Wildman–Crippen LogP) is 0.574. The van der Waals surface area contributed by atoms with Gasteiger partial charge in [0.05, 0.1) is 23.9 Å². The van der Waals surface area contributed by atoms with Gasteiger partial charge in [-0.3, -0.25) is 0 Å². The van der Waals surface area contributed by atoms with Crippen molar-refractivity contribution in [3.63, 3.8) is 0 Å². The summed E-state index contributed by atoms with van der Waals surface area (Å²) in [4.78, 5) is 40.4. The molecule has 0 fully saturated rings. The minimum absolute atomic E-state index is 0. The van der Waals surface area contributed by atoms with Gasteiger partial charge in [-0.15, -0.1) is 0 Å². The molecule has 0 aliphatic rings. The van der Waals surface area contributed by atoms with E-state index < -0.39 is 23.9 Å². The van der Waals surface area contributed by atoms with E-state index in [2.05, 4.69) is 0 Å². The maximum Gasteiger partial charge on any atom is 3.00 e. The molecule has 0 aliphatic carbocycles. The van der Waals surface area contributed by atoms with Crippen molar-refractivity contribution in [3.05, 3.63) is 144 Å². The zero-order valence-electron chi connectivity index (χ0n) is 20.2. The Morgan fingerprint density at radius 3 is 0.553 bits per heavy atom. The quantitative estimate of drug-likeness (QED) is 0.351. The van der Waals surface area contributed by atoms with Crippen LogP contribution in [0.15, 0.2) is 121 Å². The maximum absolute atomic E-state index is 10.1. The summed E-state index contributed by atoms with van der Waals surface area (Å²) < 4.78 is 0. The Hall–Kier alpha value is -4.76. The minimum atomic E-state index is -1.13. The van der Waals surface area contributed by atoms with Gasteiger partial charge in [-0.05, 0) is 22.3 Å². The van der Waals surface area contributed by atoms with Crippen LogP contribution in [0, 0.1) is 0 Å². The van der Waals surface area contributed by atoms with Gasteiger partial charge < -0.3 is 45.8 Å². The number of carbonyl (C=O) groups is 4. The summed E-state index contributed by atoms with van der Waals surface area (Å²) in [5.74, 6) is -4.52. The van der Waals surface area contributed by atoms with E-state index in [4.69, 9.17) is 0 Å². The predicted molar refractivity (Wildman–Crippen MR) is 129 cm³/mol. The van der Waals surface area contributed by atoms with Crippen LogP contribution in [0.25, 0.3) is 0 Å². The van der Waals surface area contributed by atoms with E-state index >= 15 is 0 Å². The van der Waals surface area contributed by atoms with E-state index in [1.165, 1.54) is 48.5 Å². The maximum atomic E-state index is 10.1. The molecular weight excluding hydrogens is 534 g/mol. The van der Waals surface area contributed by atoms with Crippen LogP contribution < -0.4 is 26.6 Å². The van der Waals surface area contributed by atoms with Crippen LogP contribution in [0.3, 0.4) is 0 Å². The number of hydrogen-bond donors (Lipinski definition) is 1. The molecule has 4 aromatic carbocycles. The summed E-state index contributed by atoms with van der Waals surface area (Å²) in [6.45, 7) is 0. The summed E-state index contributed by atoms with van der Waals surface area (Å²) in [6.07, 6.45) is 0. The number of carboxylic acids is 4. The van der Waals surface area contributed by atoms with Crippen LogP contribution in [0.4, 0.5) is 0 Å². The van der Waals surface area contributed by atoms with E-state index in [1.54, 1.807) is 72.8 Å². The van der Waals surface area contributed by atoms with E-state index in [0.717, 1.165) is 0 Å². The fourth-order valence-corrected chi connectivity index (χ4v) is 2.30. The van der Waals surface area contributed by atoms with E-state index in [-0.39, 0.29) is 45.5 Å². The first-order valence-corrected chi connectivity index (χ1v) is 10.3. The Morgan fingerprint density at radius 2 is 0.474 bits per heavy atom. The monoisotopic (exact) mass is 558 g/mol. The van der Waals surface area contributed by atoms with Gasteiger partial charge in [0.2, 0.25) is 0 Å². The normalized spacial score (nSPS) is 8.42. The van der Waals surface area contributed by atoms with Crippen molar-refractivity contribution in [3.8, 4) is 0 Å². The Kier molecular flexibility index (Phi) is 19.0. The van der Waals surface area contributed by atoms with Gasteiger partial charge in [0.25, 0.3) is 0 Å². The smallest absolute Gasteiger partial charge is 0.545 e. The Balaban J connectivity index is 0. The zero-order chi connectivity index (χ0) is 26.8. The number of quaternary nitrogens is 1. The third-order valence-corrected chi connectivity index (χ3v) is 4.04. The third kappa shape index (κ3) is 15.3. The van der Waals surface area contributed by atoms with Crippen molar-refractivity contribution in [2.45, 2.75) is 0 Å². The molecule has 1 radical (unpaired) electrons. The van der Waals surface area contributed by atoms with Gasteiger partial charge in [-0.1, -0.05) is 121 Å². The molecule has 0 saturated carbocycles. The topological polar surface area (TPSA) is 197 Å². The van der Waals surface area contributed by atoms with Crippen molar-refractivity contribution in [2.24, 2.45) is 0 Å². The van der Waals surface area contributed by atoms with Gasteiger partial charge in [0.15, 0.2) is 0 Å². The summed E-state index contributed by atoms with van der Waals surface area (Å²) in [5, 5.41) is 40.4. The number of carboxylic acid groups (broad SMARTS) is 4. The molecule has 0 aromatic heterocycles. The molecule has 10 heteroatoms. The van der Waals surface area contributed by atoms with E-state index in [1.807, 2.05) is 0 Å². The first-order valence-electron chi connectivity index (χ1n) is 10.3. The van der Waals surface area contributed by atoms with Crippen molar-refractivity contribution >= 4 is 23.9 Å². The Bertz CT molecular complexity index is 1020. The summed E-state index contributed by atoms with van der Waals surface area (Å²) in [5.41, 5.74) is 0.880. The number of rotatable bonds is 4. The molecule has 38 heavy (non-hydrogen) atoms. The van der Waals surface area contributed by atoms with Gasteiger partial charge in [0.1, 0.15) is 0 Å². The van der Waals surface area contributed by atoms with Gasteiger partial charge in [-0.2, -0.15) is 0 Å². The first-order chi connectivity index (χ1) is 17.2. The molecule has 9 nitrogen and oxygen atoms in total. The van der Waals surface area contributed by atoms with Gasteiger partial charge in [-0.25, -0.2) is 0 Å². The van der Waals surface area contributed by atoms with Crippen LogP contribution in [-0.4, -0.2) is 23.9 Å². The van der Waals surface area contributed by atoms with Gasteiger partial charge >= 0.3 is 17.1 Å². The molecule has 0 aliphatic heterocycles. The summed E-state index contributed by atoms with van der Waals surface area (Å²) >= 11 is 0.